The molecule has 0 amide bonds. The third kappa shape index (κ3) is 63.5. The third-order valence-corrected chi connectivity index (χ3v) is 18.7. The molecular weight excluding hydrogens is 1190 g/mol. The van der Waals surface area contributed by atoms with E-state index in [2.05, 4.69) is 41.5 Å². The lowest BCUT2D eigenvalue weighted by atomic mass is 10.00. The number of carbonyl (C=O) groups excluding carboxylic acids is 4. The van der Waals surface area contributed by atoms with E-state index < -0.39 is 97.5 Å². The highest BCUT2D eigenvalue weighted by atomic mass is 31.2. The number of aliphatic hydroxyl groups excluding tert-OH is 1. The number of unbranched alkanes of at least 4 members (excludes halogenated alkanes) is 39. The van der Waals surface area contributed by atoms with Crippen molar-refractivity contribution in [2.75, 3.05) is 39.6 Å². The molecule has 0 saturated carbocycles. The van der Waals surface area contributed by atoms with Crippen molar-refractivity contribution in [1.82, 2.24) is 0 Å². The molecule has 0 bridgehead atoms. The van der Waals surface area contributed by atoms with Gasteiger partial charge >= 0.3 is 39.5 Å². The molecule has 0 aliphatic carbocycles. The fourth-order valence-electron chi connectivity index (χ4n) is 10.7. The topological polar surface area (TPSA) is 237 Å². The van der Waals surface area contributed by atoms with Crippen molar-refractivity contribution in [2.45, 2.75) is 381 Å². The highest BCUT2D eigenvalue weighted by Crippen LogP contribution is 2.45. The summed E-state index contributed by atoms with van der Waals surface area (Å²) in [4.78, 5) is 72.5. The van der Waals surface area contributed by atoms with Gasteiger partial charge in [-0.15, -0.1) is 0 Å². The Kier molecular flexibility index (Phi) is 61.8. The van der Waals surface area contributed by atoms with Crippen molar-refractivity contribution >= 4 is 39.5 Å². The zero-order chi connectivity index (χ0) is 66.5. The molecule has 0 heterocycles. The standard InChI is InChI=1S/C71H138O17P2/c1-7-10-12-14-16-18-20-21-22-23-24-25-26-27-28-30-32-34-43-49-55-70(75)87-66(59-81-68(73)53-47-41-33-31-29-19-17-15-13-11-8-2)61-85-89(77,78)83-57-65(72)58-84-90(79,80)86-62-67(60-82-69(74)54-48-42-37-35-39-45-51-63(4)5)88-71(76)56-50-44-38-36-40-46-52-64(6)9-3/h63-67,72H,7-62H2,1-6H3,(H,77,78)(H,79,80)/t64?,65-,66-,67-/m1/s1. The Labute approximate surface area is 549 Å². The van der Waals surface area contributed by atoms with Crippen LogP contribution in [0.2, 0.25) is 0 Å². The van der Waals surface area contributed by atoms with E-state index in [-0.39, 0.29) is 25.7 Å². The van der Waals surface area contributed by atoms with Crippen LogP contribution in [0, 0.1) is 11.8 Å². The summed E-state index contributed by atoms with van der Waals surface area (Å²) in [6.07, 6.45) is 48.9. The zero-order valence-electron chi connectivity index (χ0n) is 58.4. The van der Waals surface area contributed by atoms with Crippen molar-refractivity contribution in [3.8, 4) is 0 Å². The normalized spacial score (nSPS) is 14.4. The van der Waals surface area contributed by atoms with E-state index in [1.165, 1.54) is 173 Å². The van der Waals surface area contributed by atoms with Crippen molar-refractivity contribution < 1.29 is 80.2 Å². The van der Waals surface area contributed by atoms with Crippen LogP contribution in [0.25, 0.3) is 0 Å². The van der Waals surface area contributed by atoms with Crippen LogP contribution in [-0.4, -0.2) is 96.7 Å². The quantitative estimate of drug-likeness (QED) is 0.0222. The second-order valence-electron chi connectivity index (χ2n) is 26.3. The lowest BCUT2D eigenvalue weighted by Crippen LogP contribution is -2.30. The minimum absolute atomic E-state index is 0.102. The van der Waals surface area contributed by atoms with Crippen LogP contribution in [0.4, 0.5) is 0 Å². The summed E-state index contributed by atoms with van der Waals surface area (Å²) in [5.74, 6) is -0.729. The Hall–Kier alpha value is -1.94. The third-order valence-electron chi connectivity index (χ3n) is 16.8. The molecule has 90 heavy (non-hydrogen) atoms. The maximum absolute atomic E-state index is 13.0. The molecule has 6 atom stereocenters. The maximum atomic E-state index is 13.0. The lowest BCUT2D eigenvalue weighted by Gasteiger charge is -2.21. The lowest BCUT2D eigenvalue weighted by molar-refractivity contribution is -0.161. The number of phosphoric acid groups is 2. The first-order valence-corrected chi connectivity index (χ1v) is 40.0. The van der Waals surface area contributed by atoms with Gasteiger partial charge in [0.05, 0.1) is 26.4 Å². The average Bonchev–Trinajstić information content (AvgIpc) is 3.72. The Bertz CT molecular complexity index is 1750. The van der Waals surface area contributed by atoms with Gasteiger partial charge in [0.2, 0.25) is 0 Å². The summed E-state index contributed by atoms with van der Waals surface area (Å²) in [6, 6.07) is 0. The summed E-state index contributed by atoms with van der Waals surface area (Å²) in [6.45, 7) is 9.41. The maximum Gasteiger partial charge on any atom is 0.472 e. The number of rotatable bonds is 70. The van der Waals surface area contributed by atoms with E-state index in [1.807, 2.05) is 0 Å². The number of carbonyl (C=O) groups is 4. The second kappa shape index (κ2) is 63.1. The van der Waals surface area contributed by atoms with Crippen LogP contribution in [0.15, 0.2) is 0 Å². The fourth-order valence-corrected chi connectivity index (χ4v) is 12.3. The van der Waals surface area contributed by atoms with Gasteiger partial charge in [0.15, 0.2) is 12.2 Å². The molecule has 0 rings (SSSR count). The monoisotopic (exact) mass is 1320 g/mol. The molecule has 0 fully saturated rings. The summed E-state index contributed by atoms with van der Waals surface area (Å²) < 4.78 is 68.2. The number of hydrogen-bond acceptors (Lipinski definition) is 15. The van der Waals surface area contributed by atoms with Gasteiger partial charge in [-0.05, 0) is 37.5 Å². The largest absolute Gasteiger partial charge is 0.472 e. The SMILES string of the molecule is CCCCCCCCCCCCCCCCCCCCCCC(=O)O[C@H](COC(=O)CCCCCCCCCCCCC)COP(=O)(O)OC[C@@H](O)COP(=O)(O)OC[C@@H](COC(=O)CCCCCCCCC(C)C)OC(=O)CCCCCCCCC(C)CC. The minimum atomic E-state index is -4.95. The van der Waals surface area contributed by atoms with Crippen molar-refractivity contribution in [1.29, 1.82) is 0 Å². The number of esters is 4. The van der Waals surface area contributed by atoms with Gasteiger partial charge in [-0.2, -0.15) is 0 Å². The molecule has 0 radical (unpaired) electrons. The Balaban J connectivity index is 5.17. The highest BCUT2D eigenvalue weighted by molar-refractivity contribution is 7.47. The summed E-state index contributed by atoms with van der Waals surface area (Å²) in [7, 11) is -9.90. The summed E-state index contributed by atoms with van der Waals surface area (Å²) >= 11 is 0. The van der Waals surface area contributed by atoms with Crippen molar-refractivity contribution in [3.05, 3.63) is 0 Å². The second-order valence-corrected chi connectivity index (χ2v) is 29.3. The van der Waals surface area contributed by atoms with E-state index in [9.17, 15) is 43.2 Å². The van der Waals surface area contributed by atoms with E-state index in [0.717, 1.165) is 102 Å². The average molecular weight is 1330 g/mol. The molecule has 17 nitrogen and oxygen atoms in total. The number of phosphoric ester groups is 2. The Morgan fingerprint density at radius 1 is 0.322 bits per heavy atom. The van der Waals surface area contributed by atoms with Gasteiger partial charge in [-0.1, -0.05) is 311 Å². The van der Waals surface area contributed by atoms with Crippen LogP contribution in [0.1, 0.15) is 363 Å². The molecule has 0 saturated heterocycles. The molecule has 0 aliphatic rings. The van der Waals surface area contributed by atoms with Crippen LogP contribution in [-0.2, 0) is 65.4 Å². The predicted octanol–water partition coefficient (Wildman–Crippen LogP) is 20.4. The number of ether oxygens (including phenoxy) is 4. The molecule has 0 aliphatic heterocycles. The fraction of sp³-hybridized carbons (Fsp3) is 0.944. The first-order chi connectivity index (χ1) is 43.4. The molecule has 0 aromatic rings. The van der Waals surface area contributed by atoms with Gasteiger partial charge in [-0.25, -0.2) is 9.13 Å². The summed E-state index contributed by atoms with van der Waals surface area (Å²) in [5, 5.41) is 10.6. The zero-order valence-corrected chi connectivity index (χ0v) is 60.2. The molecule has 534 valence electrons. The van der Waals surface area contributed by atoms with Crippen molar-refractivity contribution in [3.63, 3.8) is 0 Å². The van der Waals surface area contributed by atoms with Gasteiger partial charge in [0, 0.05) is 25.7 Å². The Morgan fingerprint density at radius 3 is 0.844 bits per heavy atom. The molecule has 0 aromatic carbocycles. The molecule has 19 heteroatoms. The van der Waals surface area contributed by atoms with E-state index >= 15 is 0 Å². The smallest absolute Gasteiger partial charge is 0.462 e. The van der Waals surface area contributed by atoms with E-state index in [1.54, 1.807) is 0 Å². The minimum Gasteiger partial charge on any atom is -0.462 e. The van der Waals surface area contributed by atoms with Gasteiger partial charge in [-0.3, -0.25) is 37.3 Å². The first-order valence-electron chi connectivity index (χ1n) is 37.0. The molecule has 0 aromatic heterocycles. The van der Waals surface area contributed by atoms with Crippen LogP contribution >= 0.6 is 15.6 Å². The summed E-state index contributed by atoms with van der Waals surface area (Å²) in [5.41, 5.74) is 0. The highest BCUT2D eigenvalue weighted by Gasteiger charge is 2.30. The molecule has 0 spiro atoms. The number of aliphatic hydroxyl groups is 1. The van der Waals surface area contributed by atoms with Crippen LogP contribution in [0.3, 0.4) is 0 Å². The van der Waals surface area contributed by atoms with E-state index in [4.69, 9.17) is 37.0 Å². The van der Waals surface area contributed by atoms with Gasteiger partial charge in [0.25, 0.3) is 0 Å². The molecular formula is C71H138O17P2. The van der Waals surface area contributed by atoms with Crippen LogP contribution in [0.5, 0.6) is 0 Å². The van der Waals surface area contributed by atoms with Gasteiger partial charge < -0.3 is 33.8 Å². The molecule has 3 N–H and O–H groups in total. The van der Waals surface area contributed by atoms with Crippen LogP contribution < -0.4 is 0 Å². The Morgan fingerprint density at radius 2 is 0.567 bits per heavy atom. The predicted molar refractivity (Wildman–Crippen MR) is 363 cm³/mol. The number of hydrogen-bond donors (Lipinski definition) is 3. The van der Waals surface area contributed by atoms with Crippen molar-refractivity contribution in [2.24, 2.45) is 11.8 Å². The van der Waals surface area contributed by atoms with Gasteiger partial charge in [0.1, 0.15) is 19.3 Å². The first kappa shape index (κ1) is 88.1. The van der Waals surface area contributed by atoms with E-state index in [0.29, 0.717) is 31.6 Å². The molecule has 3 unspecified atom stereocenters.